The first-order valence-corrected chi connectivity index (χ1v) is 11.8. The predicted molar refractivity (Wildman–Crippen MR) is 129 cm³/mol. The maximum absolute atomic E-state index is 11.1. The molecule has 0 bridgehead atoms. The molecule has 0 fully saturated rings. The number of phenols is 1. The predicted octanol–water partition coefficient (Wildman–Crippen LogP) is 5.99. The van der Waals surface area contributed by atoms with E-state index >= 15 is 0 Å². The van der Waals surface area contributed by atoms with E-state index < -0.39 is 5.60 Å². The topological polar surface area (TPSA) is 61.7 Å². The lowest BCUT2D eigenvalue weighted by Crippen LogP contribution is -2.38. The zero-order valence-electron chi connectivity index (χ0n) is 19.6. The minimum Gasteiger partial charge on any atom is -0.504 e. The van der Waals surface area contributed by atoms with Crippen LogP contribution >= 0.6 is 0 Å². The molecule has 0 saturated heterocycles. The Bertz CT molecular complexity index is 745. The normalized spacial score (nSPS) is 14.2. The van der Waals surface area contributed by atoms with Crippen molar-refractivity contribution in [3.8, 4) is 11.5 Å². The Morgan fingerprint density at radius 2 is 1.74 bits per heavy atom. The van der Waals surface area contributed by atoms with E-state index in [-0.39, 0.29) is 11.8 Å². The Labute approximate surface area is 188 Å². The number of aryl methyl sites for hydroxylation is 1. The highest BCUT2D eigenvalue weighted by Gasteiger charge is 2.25. The summed E-state index contributed by atoms with van der Waals surface area (Å²) < 4.78 is 5.24. The van der Waals surface area contributed by atoms with Gasteiger partial charge in [-0.25, -0.2) is 0 Å². The van der Waals surface area contributed by atoms with Crippen molar-refractivity contribution in [2.24, 2.45) is 0 Å². The molecule has 0 aromatic heterocycles. The van der Waals surface area contributed by atoms with Gasteiger partial charge in [0.1, 0.15) is 0 Å². The number of nitrogens with one attached hydrogen (secondary N) is 1. The van der Waals surface area contributed by atoms with Gasteiger partial charge in [-0.1, -0.05) is 75.4 Å². The summed E-state index contributed by atoms with van der Waals surface area (Å²) in [5.74, 6) is 0.668. The number of phenolic OH excluding ortho intramolecular Hbond substituents is 1. The van der Waals surface area contributed by atoms with Crippen LogP contribution in [0, 0.1) is 0 Å². The maximum Gasteiger partial charge on any atom is 0.160 e. The Kier molecular flexibility index (Phi) is 10.9. The van der Waals surface area contributed by atoms with Crippen LogP contribution in [0.2, 0.25) is 0 Å². The molecule has 0 aliphatic carbocycles. The van der Waals surface area contributed by atoms with Gasteiger partial charge in [0.2, 0.25) is 0 Å². The van der Waals surface area contributed by atoms with Gasteiger partial charge >= 0.3 is 0 Å². The van der Waals surface area contributed by atoms with Crippen LogP contribution in [0.3, 0.4) is 0 Å². The molecule has 2 atom stereocenters. The molecule has 0 aliphatic heterocycles. The minimum atomic E-state index is -0.673. The number of rotatable bonds is 15. The lowest BCUT2D eigenvalue weighted by atomic mass is 9.88. The number of aliphatic hydroxyl groups is 1. The second kappa shape index (κ2) is 13.4. The average molecular weight is 428 g/mol. The number of ether oxygens (including phenoxy) is 1. The van der Waals surface area contributed by atoms with E-state index in [2.05, 4.69) is 36.5 Å². The van der Waals surface area contributed by atoms with E-state index in [0.29, 0.717) is 5.75 Å². The summed E-state index contributed by atoms with van der Waals surface area (Å²) in [5.41, 5.74) is 1.70. The fourth-order valence-corrected chi connectivity index (χ4v) is 4.10. The van der Waals surface area contributed by atoms with Gasteiger partial charge in [0.15, 0.2) is 11.5 Å². The number of hydrogen-bond donors (Lipinski definition) is 3. The Balaban J connectivity index is 1.96. The molecule has 0 heterocycles. The third-order valence-electron chi connectivity index (χ3n) is 5.97. The molecule has 172 valence electrons. The largest absolute Gasteiger partial charge is 0.504 e. The third-order valence-corrected chi connectivity index (χ3v) is 5.97. The van der Waals surface area contributed by atoms with Gasteiger partial charge in [-0.2, -0.15) is 0 Å². The molecule has 2 unspecified atom stereocenters. The lowest BCUT2D eigenvalue weighted by molar-refractivity contribution is 0.0278. The summed E-state index contributed by atoms with van der Waals surface area (Å²) in [6.07, 6.45) is 9.37. The van der Waals surface area contributed by atoms with Crippen LogP contribution in [0.4, 0.5) is 0 Å². The summed E-state index contributed by atoms with van der Waals surface area (Å²) in [6, 6.07) is 16.1. The van der Waals surface area contributed by atoms with Gasteiger partial charge in [-0.05, 0) is 55.9 Å². The van der Waals surface area contributed by atoms with E-state index in [9.17, 15) is 10.2 Å². The van der Waals surface area contributed by atoms with Gasteiger partial charge < -0.3 is 20.3 Å². The average Bonchev–Trinajstić information content (AvgIpc) is 2.77. The van der Waals surface area contributed by atoms with Crippen molar-refractivity contribution < 1.29 is 14.9 Å². The molecule has 2 aromatic carbocycles. The highest BCUT2D eigenvalue weighted by Crippen LogP contribution is 2.28. The van der Waals surface area contributed by atoms with E-state index in [1.54, 1.807) is 13.2 Å². The monoisotopic (exact) mass is 427 g/mol. The van der Waals surface area contributed by atoms with Gasteiger partial charge in [0, 0.05) is 12.6 Å². The lowest BCUT2D eigenvalue weighted by Gasteiger charge is -2.30. The first kappa shape index (κ1) is 25.2. The second-order valence-electron chi connectivity index (χ2n) is 8.97. The Morgan fingerprint density at radius 1 is 1.00 bits per heavy atom. The van der Waals surface area contributed by atoms with Gasteiger partial charge in [0.25, 0.3) is 0 Å². The summed E-state index contributed by atoms with van der Waals surface area (Å²) >= 11 is 0. The van der Waals surface area contributed by atoms with Crippen molar-refractivity contribution in [2.75, 3.05) is 7.11 Å². The molecular weight excluding hydrogens is 386 g/mol. The Morgan fingerprint density at radius 3 is 2.45 bits per heavy atom. The summed E-state index contributed by atoms with van der Waals surface area (Å²) in [7, 11) is 1.57. The van der Waals surface area contributed by atoms with E-state index in [0.717, 1.165) is 44.2 Å². The highest BCUT2D eigenvalue weighted by molar-refractivity contribution is 5.41. The van der Waals surface area contributed by atoms with Gasteiger partial charge in [0.05, 0.1) is 12.7 Å². The van der Waals surface area contributed by atoms with Crippen molar-refractivity contribution in [1.82, 2.24) is 5.32 Å². The molecular formula is C27H41NO3. The van der Waals surface area contributed by atoms with Crippen molar-refractivity contribution in [3.05, 3.63) is 59.7 Å². The van der Waals surface area contributed by atoms with Crippen LogP contribution in [0.5, 0.6) is 11.5 Å². The minimum absolute atomic E-state index is 0.163. The van der Waals surface area contributed by atoms with Crippen molar-refractivity contribution in [3.63, 3.8) is 0 Å². The summed E-state index contributed by atoms with van der Waals surface area (Å²) in [6.45, 7) is 4.99. The fourth-order valence-electron chi connectivity index (χ4n) is 4.10. The zero-order valence-corrected chi connectivity index (χ0v) is 19.6. The molecule has 0 aliphatic rings. The smallest absolute Gasteiger partial charge is 0.160 e. The van der Waals surface area contributed by atoms with Crippen molar-refractivity contribution >= 4 is 0 Å². The van der Waals surface area contributed by atoms with E-state index in [1.807, 2.05) is 25.1 Å². The number of hydrogen-bond acceptors (Lipinski definition) is 4. The van der Waals surface area contributed by atoms with Crippen LogP contribution in [0.25, 0.3) is 0 Å². The van der Waals surface area contributed by atoms with Crippen molar-refractivity contribution in [1.29, 1.82) is 0 Å². The standard InChI is InChI=1S/C27H41NO3/c1-4-5-6-7-11-18-27(2,30)20-24(28-21-23-12-9-8-10-13-23)16-14-22-15-17-25(29)26(19-22)31-3/h8-10,12-13,15,17,19,24,28-30H,4-7,11,14,16,18,20-21H2,1-3H3. The van der Waals surface area contributed by atoms with Gasteiger partial charge in [-0.3, -0.25) is 0 Å². The van der Waals surface area contributed by atoms with Crippen LogP contribution < -0.4 is 10.1 Å². The first-order chi connectivity index (χ1) is 14.9. The highest BCUT2D eigenvalue weighted by atomic mass is 16.5. The number of benzene rings is 2. The molecule has 31 heavy (non-hydrogen) atoms. The SMILES string of the molecule is CCCCCCCC(C)(O)CC(CCc1ccc(O)c(OC)c1)NCc1ccccc1. The molecule has 3 N–H and O–H groups in total. The molecule has 4 heteroatoms. The summed E-state index contributed by atoms with van der Waals surface area (Å²) in [5, 5.41) is 24.6. The van der Waals surface area contributed by atoms with Crippen molar-refractivity contribution in [2.45, 2.75) is 89.8 Å². The first-order valence-electron chi connectivity index (χ1n) is 11.8. The van der Waals surface area contributed by atoms with Crippen LogP contribution in [-0.4, -0.2) is 29.0 Å². The fraction of sp³-hybridized carbons (Fsp3) is 0.556. The van der Waals surface area contributed by atoms with Crippen LogP contribution in [-0.2, 0) is 13.0 Å². The summed E-state index contributed by atoms with van der Waals surface area (Å²) in [4.78, 5) is 0. The maximum atomic E-state index is 11.1. The molecule has 0 spiro atoms. The van der Waals surface area contributed by atoms with Gasteiger partial charge in [-0.15, -0.1) is 0 Å². The molecule has 0 amide bonds. The molecule has 2 rings (SSSR count). The van der Waals surface area contributed by atoms with E-state index in [1.165, 1.54) is 31.2 Å². The number of methoxy groups -OCH3 is 1. The molecule has 0 radical (unpaired) electrons. The molecule has 2 aromatic rings. The quantitative estimate of drug-likeness (QED) is 0.305. The molecule has 0 saturated carbocycles. The van der Waals surface area contributed by atoms with Crippen LogP contribution in [0.1, 0.15) is 76.3 Å². The second-order valence-corrected chi connectivity index (χ2v) is 8.97. The molecule has 4 nitrogen and oxygen atoms in total. The van der Waals surface area contributed by atoms with E-state index in [4.69, 9.17) is 4.74 Å². The number of unbranched alkanes of at least 4 members (excludes halogenated alkanes) is 4. The third kappa shape index (κ3) is 9.75. The van der Waals surface area contributed by atoms with Crippen LogP contribution in [0.15, 0.2) is 48.5 Å². The number of aromatic hydroxyl groups is 1. The zero-order chi connectivity index (χ0) is 22.5. The Hall–Kier alpha value is -2.04.